The summed E-state index contributed by atoms with van der Waals surface area (Å²) in [5.74, 6) is 21.8. The highest BCUT2D eigenvalue weighted by Crippen LogP contribution is 2.67. The summed E-state index contributed by atoms with van der Waals surface area (Å²) >= 11 is 0. The Morgan fingerprint density at radius 1 is 0.131 bits per heavy atom. The lowest BCUT2D eigenvalue weighted by Crippen LogP contribution is -2.43. The van der Waals surface area contributed by atoms with E-state index in [1.165, 1.54) is 390 Å². The number of fused-ring (bicyclic) bond motifs is 16. The molecular weight excluding hydrogens is 1470 g/mol. The first-order chi connectivity index (χ1) is 60.6. The second-order valence-corrected chi connectivity index (χ2v) is 39.4. The van der Waals surface area contributed by atoms with Gasteiger partial charge in [0.25, 0.3) is 0 Å². The van der Waals surface area contributed by atoms with Gasteiger partial charge in [-0.15, -0.1) is 0 Å². The van der Waals surface area contributed by atoms with Gasteiger partial charge in [-0.1, -0.05) is 519 Å². The van der Waals surface area contributed by atoms with Gasteiger partial charge in [-0.2, -0.15) is 0 Å². The van der Waals surface area contributed by atoms with Crippen LogP contribution in [0.15, 0.2) is 0 Å². The first kappa shape index (κ1) is 126. The van der Waals surface area contributed by atoms with E-state index in [1.807, 2.05) is 166 Å². The molecule has 22 fully saturated rings. The van der Waals surface area contributed by atoms with Crippen LogP contribution in [0, 0.1) is 107 Å². The van der Waals surface area contributed by atoms with Crippen molar-refractivity contribution in [3.63, 3.8) is 0 Å². The van der Waals surface area contributed by atoms with E-state index >= 15 is 0 Å². The third kappa shape index (κ3) is 58.5. The molecule has 0 N–H and O–H groups in total. The second-order valence-electron chi connectivity index (χ2n) is 39.4. The maximum Gasteiger partial charge on any atom is 0.132 e. The predicted octanol–water partition coefficient (Wildman–Crippen LogP) is 44.5. The van der Waals surface area contributed by atoms with Crippen LogP contribution in [-0.4, -0.2) is 5.78 Å². The maximum atomic E-state index is 10.5. The molecule has 1 nitrogen and oxygen atoms in total. The van der Waals surface area contributed by atoms with E-state index in [4.69, 9.17) is 0 Å². The summed E-state index contributed by atoms with van der Waals surface area (Å²) < 4.78 is 0. The number of carbonyl (C=O) groups excluding carboxylic acids is 1. The summed E-state index contributed by atoms with van der Waals surface area (Å²) in [6.07, 6.45) is 117. The Morgan fingerprint density at radius 2 is 0.295 bits per heavy atom. The molecule has 22 saturated carbocycles. The molecule has 0 saturated heterocycles. The minimum absolute atomic E-state index is 0.464. The fourth-order valence-electron chi connectivity index (χ4n) is 26.1. The van der Waals surface area contributed by atoms with Crippen molar-refractivity contribution in [3.8, 4) is 0 Å². The number of hydrogen-bond acceptors (Lipinski definition) is 1. The molecule has 0 aliphatic heterocycles. The second kappa shape index (κ2) is 95.3. The Bertz CT molecular complexity index is 1710. The standard InChI is InChI=1S/C17H28.C12H18.C12H24.C10H16.C8H16.C7H12.C7H14.C6H10O.C6H12.C5H10.C4H8.C3H6.12C2H6/c1-2-6-14-12(4-1)8-10-17-15-7-3-5-13(15)9-11-16(14)17;1-2-8-5-7(1)11-9-3-4-10(6-9)12(8)11;1-2-4-6-8-10-12-11-9-7-5-3-1;1-7-2-9-4-8(1)5-10(3-7)6-9;1-2-4-6-8-7-5-3-1;1-2-7-4-3-6(1)5-7;1-2-4-6-7-5-3-1;7-6-4-2-1-3-5-6;1-2-4-6-5-3-1;1-2-4-5-3-1;1-2-4-3-1;1-2-3-1;12*1-2/h12-17H,1-11H2;7-12H,1-6H2;1-12H2;7-10H,1-6H2;1-8H2;6-7H,1-5H2;1-7H2;1-5H2;1-6H2;1-5H2;1-4H2;1-3H2;12*1-2H3. The van der Waals surface area contributed by atoms with E-state index in [0.29, 0.717) is 5.78 Å². The zero-order valence-corrected chi connectivity index (χ0v) is 90.5. The lowest BCUT2D eigenvalue weighted by molar-refractivity contribution is -0.120. The van der Waals surface area contributed by atoms with Crippen LogP contribution >= 0.6 is 0 Å². The number of hydrogen-bond donors (Lipinski definition) is 0. The normalized spacial score (nSPS) is 32.2. The van der Waals surface area contributed by atoms with Gasteiger partial charge in [0.1, 0.15) is 5.78 Å². The van der Waals surface area contributed by atoms with E-state index in [-0.39, 0.29) is 0 Å². The summed E-state index contributed by atoms with van der Waals surface area (Å²) in [6.45, 7) is 48.0. The van der Waals surface area contributed by atoms with Crippen LogP contribution in [0.1, 0.15) is 667 Å². The molecule has 0 aromatic heterocycles. The molecule has 22 rings (SSSR count). The number of ketones is 1. The Balaban J connectivity index is -0.00000126. The van der Waals surface area contributed by atoms with Crippen molar-refractivity contribution in [1.29, 1.82) is 0 Å². The molecule has 736 valence electrons. The highest BCUT2D eigenvalue weighted by Gasteiger charge is 2.59. The molecule has 0 radical (unpaired) electrons. The zero-order chi connectivity index (χ0) is 91.1. The van der Waals surface area contributed by atoms with Crippen molar-refractivity contribution in [1.82, 2.24) is 0 Å². The number of Topliss-reactive ketones (excluding diaryl/α,β-unsaturated/α-hetero) is 1. The fraction of sp³-hybridized carbons (Fsp3) is 0.992. The first-order valence-corrected chi connectivity index (χ1v) is 60.1. The molecule has 22 aliphatic carbocycles. The number of rotatable bonds is 0. The van der Waals surface area contributed by atoms with Gasteiger partial charge in [0, 0.05) is 12.8 Å². The SMILES string of the molecule is C1C2CC3CC1CC(C2)C3.C1CC1.C1CC2CC1C1C3CCC(C3)C21.C1CC2CCC1C2.C1CCC1.C1CCC2C(C1)CCC1C3CCCC3CCC21.C1CCCC1.C1CCCCC1.C1CCCCCC1.C1CCCCCCC1.C1CCCCCCCCCCC1.CC.CC.CC.CC.CC.CC.CC.CC.CC.CC.CC.CC.O=C1CCCCC1. The third-order valence-corrected chi connectivity index (χ3v) is 31.6. The Labute approximate surface area is 779 Å². The van der Waals surface area contributed by atoms with E-state index in [0.717, 1.165) is 37.5 Å². The van der Waals surface area contributed by atoms with Crippen molar-refractivity contribution in [3.05, 3.63) is 0 Å². The maximum absolute atomic E-state index is 10.5. The van der Waals surface area contributed by atoms with Gasteiger partial charge in [0.15, 0.2) is 0 Å². The molecule has 10 unspecified atom stereocenters. The van der Waals surface area contributed by atoms with Crippen molar-refractivity contribution in [2.24, 2.45) is 107 Å². The van der Waals surface area contributed by atoms with Crippen LogP contribution < -0.4 is 0 Å². The molecule has 0 amide bonds. The molecular formula is C121H246O. The quantitative estimate of drug-likeness (QED) is 0.175. The Kier molecular flexibility index (Phi) is 98.3. The molecule has 10 atom stereocenters. The highest BCUT2D eigenvalue weighted by atomic mass is 16.1. The van der Waals surface area contributed by atoms with Gasteiger partial charge >= 0.3 is 0 Å². The summed E-state index contributed by atoms with van der Waals surface area (Å²) in [5.41, 5.74) is 0. The van der Waals surface area contributed by atoms with Gasteiger partial charge in [-0.25, -0.2) is 0 Å². The average Bonchev–Trinajstić information content (AvgIpc) is 1.56. The molecule has 22 aliphatic rings. The minimum Gasteiger partial charge on any atom is -0.300 e. The topological polar surface area (TPSA) is 17.1 Å². The van der Waals surface area contributed by atoms with Gasteiger partial charge in [-0.3, -0.25) is 4.79 Å². The predicted molar refractivity (Wildman–Crippen MR) is 564 cm³/mol. The molecule has 0 aromatic rings. The van der Waals surface area contributed by atoms with Gasteiger partial charge < -0.3 is 0 Å². The zero-order valence-electron chi connectivity index (χ0n) is 90.5. The van der Waals surface area contributed by atoms with Crippen molar-refractivity contribution in [2.45, 2.75) is 667 Å². The lowest BCUT2D eigenvalue weighted by Gasteiger charge is -2.51. The third-order valence-electron chi connectivity index (χ3n) is 31.6. The Hall–Kier alpha value is -0.330. The first-order valence-electron chi connectivity index (χ1n) is 60.1. The van der Waals surface area contributed by atoms with Crippen LogP contribution in [0.25, 0.3) is 0 Å². The van der Waals surface area contributed by atoms with Crippen molar-refractivity contribution < 1.29 is 4.79 Å². The van der Waals surface area contributed by atoms with Crippen LogP contribution in [0.5, 0.6) is 0 Å². The molecule has 0 spiro atoms. The van der Waals surface area contributed by atoms with Crippen LogP contribution in [-0.2, 0) is 4.79 Å². The summed E-state index contributed by atoms with van der Waals surface area (Å²) in [7, 11) is 0. The average molecular weight is 1720 g/mol. The lowest BCUT2D eigenvalue weighted by atomic mass is 9.54. The fourth-order valence-corrected chi connectivity index (χ4v) is 26.1. The van der Waals surface area contributed by atoms with Crippen LogP contribution in [0.4, 0.5) is 0 Å². The highest BCUT2D eigenvalue weighted by molar-refractivity contribution is 5.78. The van der Waals surface area contributed by atoms with Crippen molar-refractivity contribution in [2.75, 3.05) is 0 Å². The van der Waals surface area contributed by atoms with Crippen LogP contribution in [0.2, 0.25) is 0 Å². The van der Waals surface area contributed by atoms with E-state index in [2.05, 4.69) is 0 Å². The largest absolute Gasteiger partial charge is 0.300 e. The monoisotopic (exact) mass is 1720 g/mol. The molecule has 10 bridgehead atoms. The molecule has 122 heavy (non-hydrogen) atoms. The molecule has 0 heterocycles. The summed E-state index contributed by atoms with van der Waals surface area (Å²) in [4.78, 5) is 10.5. The molecule has 1 heteroatoms. The minimum atomic E-state index is 0.464. The van der Waals surface area contributed by atoms with E-state index < -0.39 is 0 Å². The Morgan fingerprint density at radius 3 is 0.475 bits per heavy atom. The van der Waals surface area contributed by atoms with Gasteiger partial charge in [-0.05, 0) is 241 Å². The molecule has 0 aromatic carbocycles. The van der Waals surface area contributed by atoms with Gasteiger partial charge in [0.2, 0.25) is 0 Å². The smallest absolute Gasteiger partial charge is 0.132 e. The van der Waals surface area contributed by atoms with E-state index in [9.17, 15) is 4.79 Å². The van der Waals surface area contributed by atoms with Crippen LogP contribution in [0.3, 0.4) is 0 Å². The summed E-state index contributed by atoms with van der Waals surface area (Å²) in [5, 5.41) is 0. The summed E-state index contributed by atoms with van der Waals surface area (Å²) in [6, 6.07) is 0. The van der Waals surface area contributed by atoms with Crippen molar-refractivity contribution >= 4 is 5.78 Å². The van der Waals surface area contributed by atoms with E-state index in [1.54, 1.807) is 180 Å². The van der Waals surface area contributed by atoms with Gasteiger partial charge in [0.05, 0.1) is 0 Å². The number of carbonyl (C=O) groups is 1.